The smallest absolute Gasteiger partial charge is 0.432 e. The Morgan fingerprint density at radius 1 is 1.00 bits per heavy atom. The Morgan fingerprint density at radius 2 is 1.70 bits per heavy atom. The fourth-order valence-corrected chi connectivity index (χ4v) is 7.48. The number of fused-ring (bicyclic) bond motifs is 1. The summed E-state index contributed by atoms with van der Waals surface area (Å²) in [6.07, 6.45) is 0.0578. The summed E-state index contributed by atoms with van der Waals surface area (Å²) in [5.74, 6) is -2.78. The number of carbonyl (C=O) groups is 2. The molecule has 16 heteroatoms. The summed E-state index contributed by atoms with van der Waals surface area (Å²) in [5.41, 5.74) is 2.26. The largest absolute Gasteiger partial charge is 0.463 e. The first kappa shape index (κ1) is 31.8. The normalized spacial score (nSPS) is 18.3. The first-order valence-corrected chi connectivity index (χ1v) is 16.5. The lowest BCUT2D eigenvalue weighted by Crippen LogP contribution is -2.44. The number of hydrogen-bond acceptors (Lipinski definition) is 9. The molecule has 1 aromatic heterocycles. The topological polar surface area (TPSA) is 149 Å². The monoisotopic (exact) mass is 659 g/mol. The Balaban J connectivity index is 1.30. The van der Waals surface area contributed by atoms with Gasteiger partial charge in [0.15, 0.2) is 5.82 Å². The molecule has 0 radical (unpaired) electrons. The first-order valence-electron chi connectivity index (χ1n) is 15.0. The molecule has 0 unspecified atom stereocenters. The van der Waals surface area contributed by atoms with Crippen LogP contribution in [0.2, 0.25) is 0 Å². The molecule has 3 N–H and O–H groups in total. The van der Waals surface area contributed by atoms with E-state index in [2.05, 4.69) is 32.6 Å². The highest BCUT2D eigenvalue weighted by atomic mass is 32.2. The van der Waals surface area contributed by atoms with Gasteiger partial charge in [0.2, 0.25) is 10.0 Å². The molecule has 13 nitrogen and oxygen atoms in total. The maximum atomic E-state index is 13.9. The molecular formula is C30H35F2N7O6S. The van der Waals surface area contributed by atoms with Gasteiger partial charge in [-0.05, 0) is 50.2 Å². The van der Waals surface area contributed by atoms with Crippen molar-refractivity contribution in [2.24, 2.45) is 0 Å². The fraction of sp³-hybridized carbons (Fsp3) is 0.433. The zero-order valence-electron chi connectivity index (χ0n) is 25.2. The second-order valence-electron chi connectivity index (χ2n) is 11.7. The SMILES string of the molecule is CN1CCN(c2ccc(C(=O)Nc3nn(C(=O)O)c4c3CN(S(=O)(=O)c3cc(F)cc(F)c3)CC4)c(NC3CCOCC3)c2)CC1. The number of anilines is 3. The Hall–Kier alpha value is -4.12. The van der Waals surface area contributed by atoms with E-state index in [0.717, 1.165) is 61.1 Å². The summed E-state index contributed by atoms with van der Waals surface area (Å²) in [7, 11) is -2.30. The number of ether oxygens (including phenoxy) is 1. The van der Waals surface area contributed by atoms with Crippen molar-refractivity contribution in [2.45, 2.75) is 36.7 Å². The van der Waals surface area contributed by atoms with Crippen LogP contribution in [0.5, 0.6) is 0 Å². The molecule has 4 heterocycles. The maximum absolute atomic E-state index is 13.9. The van der Waals surface area contributed by atoms with Crippen LogP contribution in [0.3, 0.4) is 0 Å². The van der Waals surface area contributed by atoms with Crippen LogP contribution in [-0.2, 0) is 27.7 Å². The summed E-state index contributed by atoms with van der Waals surface area (Å²) in [6, 6.07) is 7.60. The Labute approximate surface area is 264 Å². The first-order chi connectivity index (χ1) is 22.0. The van der Waals surface area contributed by atoms with Gasteiger partial charge in [-0.15, -0.1) is 5.10 Å². The van der Waals surface area contributed by atoms with Gasteiger partial charge < -0.3 is 30.3 Å². The standard InChI is InChI=1S/C30H35F2N7O6S/c1-36-8-10-37(11-9-36)22-2-3-24(26(17-22)33-21-5-12-45-13-6-21)29(40)34-28-25-18-38(7-4-27(25)39(35-28)30(41)42)46(43,44)23-15-19(31)14-20(32)16-23/h2-3,14-17,21,33H,4-13,18H2,1H3,(H,41,42)(H,34,35,40). The second-order valence-corrected chi connectivity index (χ2v) is 13.6. The summed E-state index contributed by atoms with van der Waals surface area (Å²) in [4.78, 5) is 29.8. The average molecular weight is 660 g/mol. The number of nitrogens with zero attached hydrogens (tertiary/aromatic N) is 5. The van der Waals surface area contributed by atoms with Gasteiger partial charge in [-0.2, -0.15) is 8.99 Å². The minimum absolute atomic E-state index is 0.0577. The van der Waals surface area contributed by atoms with E-state index in [9.17, 15) is 31.9 Å². The number of nitrogens with one attached hydrogen (secondary N) is 2. The molecule has 2 aromatic carbocycles. The maximum Gasteiger partial charge on any atom is 0.432 e. The van der Waals surface area contributed by atoms with Crippen molar-refractivity contribution in [3.05, 3.63) is 64.9 Å². The van der Waals surface area contributed by atoms with Gasteiger partial charge in [0.1, 0.15) is 11.6 Å². The number of benzene rings is 2. The van der Waals surface area contributed by atoms with Crippen molar-refractivity contribution in [3.8, 4) is 0 Å². The van der Waals surface area contributed by atoms with Crippen molar-refractivity contribution in [2.75, 3.05) is 68.5 Å². The van der Waals surface area contributed by atoms with Crippen molar-refractivity contribution in [1.82, 2.24) is 19.0 Å². The molecular weight excluding hydrogens is 624 g/mol. The lowest BCUT2D eigenvalue weighted by Gasteiger charge is -2.34. The molecule has 3 aliphatic heterocycles. The highest BCUT2D eigenvalue weighted by molar-refractivity contribution is 7.89. The third-order valence-electron chi connectivity index (χ3n) is 8.61. The number of likely N-dealkylation sites (N-methyl/N-ethyl adjacent to an activating group) is 1. The van der Waals surface area contributed by atoms with E-state index in [4.69, 9.17) is 4.74 Å². The van der Waals surface area contributed by atoms with E-state index in [-0.39, 0.29) is 42.6 Å². The molecule has 246 valence electrons. The van der Waals surface area contributed by atoms with Crippen LogP contribution in [0, 0.1) is 11.6 Å². The number of carbonyl (C=O) groups excluding carboxylic acids is 1. The number of sulfonamides is 1. The van der Waals surface area contributed by atoms with Crippen LogP contribution < -0.4 is 15.5 Å². The molecule has 0 spiro atoms. The van der Waals surface area contributed by atoms with Gasteiger partial charge in [-0.1, -0.05) is 0 Å². The number of rotatable bonds is 7. The number of carboxylic acid groups (broad SMARTS) is 1. The molecule has 46 heavy (non-hydrogen) atoms. The second kappa shape index (κ2) is 12.9. The number of piperazine rings is 1. The Morgan fingerprint density at radius 3 is 2.37 bits per heavy atom. The summed E-state index contributed by atoms with van der Waals surface area (Å²) in [5, 5.41) is 20.1. The van der Waals surface area contributed by atoms with Gasteiger partial charge in [0.05, 0.1) is 16.2 Å². The molecule has 0 atom stereocenters. The van der Waals surface area contributed by atoms with Crippen LogP contribution in [0.1, 0.15) is 34.5 Å². The van der Waals surface area contributed by atoms with E-state index in [1.54, 1.807) is 6.07 Å². The van der Waals surface area contributed by atoms with Gasteiger partial charge in [-0.3, -0.25) is 4.79 Å². The number of hydrogen-bond donors (Lipinski definition) is 3. The molecule has 3 aliphatic rings. The molecule has 1 amide bonds. The molecule has 2 saturated heterocycles. The molecule has 3 aromatic rings. The third kappa shape index (κ3) is 6.56. The van der Waals surface area contributed by atoms with E-state index >= 15 is 0 Å². The molecule has 6 rings (SSSR count). The number of aromatic nitrogens is 2. The van der Waals surface area contributed by atoms with Crippen LogP contribution in [-0.4, -0.2) is 104 Å². The zero-order valence-corrected chi connectivity index (χ0v) is 26.0. The number of amides is 1. The highest BCUT2D eigenvalue weighted by Gasteiger charge is 2.35. The van der Waals surface area contributed by atoms with Crippen LogP contribution in [0.25, 0.3) is 0 Å². The van der Waals surface area contributed by atoms with E-state index in [1.165, 1.54) is 0 Å². The summed E-state index contributed by atoms with van der Waals surface area (Å²) >= 11 is 0. The minimum atomic E-state index is -4.37. The predicted molar refractivity (Wildman–Crippen MR) is 165 cm³/mol. The van der Waals surface area contributed by atoms with Crippen LogP contribution in [0.4, 0.5) is 30.8 Å². The van der Waals surface area contributed by atoms with Crippen molar-refractivity contribution < 1.29 is 36.6 Å². The van der Waals surface area contributed by atoms with Crippen LogP contribution in [0.15, 0.2) is 41.3 Å². The predicted octanol–water partition coefficient (Wildman–Crippen LogP) is 3.03. The van der Waals surface area contributed by atoms with Gasteiger partial charge in [-0.25, -0.2) is 22.0 Å². The highest BCUT2D eigenvalue weighted by Crippen LogP contribution is 2.32. The molecule has 0 aliphatic carbocycles. The van der Waals surface area contributed by atoms with Crippen molar-refractivity contribution in [3.63, 3.8) is 0 Å². The lowest BCUT2D eigenvalue weighted by molar-refractivity contribution is 0.0904. The van der Waals surface area contributed by atoms with Crippen LogP contribution >= 0.6 is 0 Å². The fourth-order valence-electron chi connectivity index (χ4n) is 6.03. The quantitative estimate of drug-likeness (QED) is 0.346. The Kier molecular flexibility index (Phi) is 8.96. The minimum Gasteiger partial charge on any atom is -0.463 e. The van der Waals surface area contributed by atoms with E-state index in [1.807, 2.05) is 12.1 Å². The zero-order chi connectivity index (χ0) is 32.6. The van der Waals surface area contributed by atoms with Crippen molar-refractivity contribution >= 4 is 39.2 Å². The number of halogens is 2. The average Bonchev–Trinajstić information content (AvgIpc) is 3.39. The summed E-state index contributed by atoms with van der Waals surface area (Å²) < 4.78 is 61.7. The van der Waals surface area contributed by atoms with Gasteiger partial charge in [0.25, 0.3) is 5.91 Å². The van der Waals surface area contributed by atoms with Gasteiger partial charge >= 0.3 is 6.09 Å². The van der Waals surface area contributed by atoms with E-state index < -0.39 is 38.6 Å². The van der Waals surface area contributed by atoms with Crippen molar-refractivity contribution in [1.29, 1.82) is 0 Å². The van der Waals surface area contributed by atoms with Gasteiger partial charge in [0, 0.05) is 87.9 Å². The lowest BCUT2D eigenvalue weighted by atomic mass is 10.1. The molecule has 2 fully saturated rings. The molecule has 0 saturated carbocycles. The third-order valence-corrected chi connectivity index (χ3v) is 10.4. The summed E-state index contributed by atoms with van der Waals surface area (Å²) in [6.45, 7) is 4.14. The van der Waals surface area contributed by atoms with E-state index in [0.29, 0.717) is 35.2 Å². The Bertz CT molecular complexity index is 1730. The molecule has 0 bridgehead atoms.